The lowest BCUT2D eigenvalue weighted by molar-refractivity contribution is -0.137. The summed E-state index contributed by atoms with van der Waals surface area (Å²) in [5.41, 5.74) is 3.46. The first-order valence-electron chi connectivity index (χ1n) is 6.10. The number of hydrogen-bond donors (Lipinski definition) is 1. The number of nitrogens with one attached hydrogen (secondary N) is 1. The number of nitrogens with zero attached hydrogens (tertiary/aromatic N) is 1. The van der Waals surface area contributed by atoms with E-state index in [0.29, 0.717) is 22.0 Å². The van der Waals surface area contributed by atoms with Gasteiger partial charge in [-0.25, -0.2) is 0 Å². The van der Waals surface area contributed by atoms with Crippen LogP contribution in [-0.2, 0) is 6.18 Å². The van der Waals surface area contributed by atoms with Crippen LogP contribution in [0, 0.1) is 0 Å². The summed E-state index contributed by atoms with van der Waals surface area (Å²) in [6.45, 7) is 1.62. The van der Waals surface area contributed by atoms with Crippen LogP contribution in [0.3, 0.4) is 0 Å². The molecule has 0 saturated heterocycles. The average Bonchev–Trinajstić information content (AvgIpc) is 2.45. The van der Waals surface area contributed by atoms with Gasteiger partial charge in [0.2, 0.25) is 0 Å². The molecule has 0 spiro atoms. The van der Waals surface area contributed by atoms with Gasteiger partial charge in [-0.3, -0.25) is 5.43 Å². The molecule has 0 aliphatic heterocycles. The number of hydrazone groups is 1. The third-order valence-electron chi connectivity index (χ3n) is 2.83. The number of alkyl halides is 3. The van der Waals surface area contributed by atoms with E-state index in [9.17, 15) is 13.2 Å². The fourth-order valence-electron chi connectivity index (χ4n) is 1.68. The highest BCUT2D eigenvalue weighted by atomic mass is 35.5. The number of para-hydroxylation sites is 1. The topological polar surface area (TPSA) is 24.4 Å². The zero-order valence-corrected chi connectivity index (χ0v) is 11.8. The molecule has 1 N–H and O–H groups in total. The molecule has 2 aromatic carbocycles. The van der Waals surface area contributed by atoms with Gasteiger partial charge in [0, 0.05) is 0 Å². The molecule has 0 amide bonds. The Hall–Kier alpha value is -2.01. The van der Waals surface area contributed by atoms with Crippen molar-refractivity contribution in [1.29, 1.82) is 0 Å². The summed E-state index contributed by atoms with van der Waals surface area (Å²) in [6.07, 6.45) is -4.37. The first-order chi connectivity index (χ1) is 9.88. The molecule has 2 nitrogen and oxygen atoms in total. The summed E-state index contributed by atoms with van der Waals surface area (Å²) in [5, 5.41) is 4.55. The fourth-order valence-corrected chi connectivity index (χ4v) is 1.86. The lowest BCUT2D eigenvalue weighted by Crippen LogP contribution is -2.07. The standard InChI is InChI=1S/C15H12ClF3N2/c1-10(20-21-14-8-3-2-7-13(14)16)11-5-4-6-12(9-11)15(17,18)19/h2-9,21H,1H3/b20-10+. The van der Waals surface area contributed by atoms with Crippen LogP contribution in [0.4, 0.5) is 18.9 Å². The predicted molar refractivity (Wildman–Crippen MR) is 78.7 cm³/mol. The van der Waals surface area contributed by atoms with Crippen LogP contribution >= 0.6 is 11.6 Å². The fraction of sp³-hybridized carbons (Fsp3) is 0.133. The Morgan fingerprint density at radius 3 is 2.48 bits per heavy atom. The first kappa shape index (κ1) is 15.4. The summed E-state index contributed by atoms with van der Waals surface area (Å²) in [7, 11) is 0. The van der Waals surface area contributed by atoms with Gasteiger partial charge in [-0.1, -0.05) is 35.9 Å². The van der Waals surface area contributed by atoms with E-state index >= 15 is 0 Å². The zero-order valence-electron chi connectivity index (χ0n) is 11.1. The van der Waals surface area contributed by atoms with Crippen molar-refractivity contribution >= 4 is 23.0 Å². The highest BCUT2D eigenvalue weighted by Gasteiger charge is 2.30. The quantitative estimate of drug-likeness (QED) is 0.611. The molecule has 0 aliphatic carbocycles. The van der Waals surface area contributed by atoms with Crippen LogP contribution in [-0.4, -0.2) is 5.71 Å². The molecule has 0 saturated carbocycles. The minimum atomic E-state index is -4.37. The van der Waals surface area contributed by atoms with Gasteiger partial charge in [-0.2, -0.15) is 18.3 Å². The summed E-state index contributed by atoms with van der Waals surface area (Å²) in [6, 6.07) is 12.0. The van der Waals surface area contributed by atoms with Crippen molar-refractivity contribution in [3.05, 3.63) is 64.7 Å². The van der Waals surface area contributed by atoms with Gasteiger partial charge >= 0.3 is 6.18 Å². The maximum absolute atomic E-state index is 12.7. The zero-order chi connectivity index (χ0) is 15.5. The first-order valence-corrected chi connectivity index (χ1v) is 6.48. The van der Waals surface area contributed by atoms with E-state index in [0.717, 1.165) is 12.1 Å². The third kappa shape index (κ3) is 3.98. The molecule has 2 rings (SSSR count). The lowest BCUT2D eigenvalue weighted by atomic mass is 10.1. The largest absolute Gasteiger partial charge is 0.416 e. The molecule has 0 atom stereocenters. The van der Waals surface area contributed by atoms with E-state index in [1.54, 1.807) is 37.3 Å². The smallest absolute Gasteiger partial charge is 0.277 e. The number of halogens is 4. The molecule has 0 aromatic heterocycles. The van der Waals surface area contributed by atoms with Crippen molar-refractivity contribution < 1.29 is 13.2 Å². The molecular weight excluding hydrogens is 301 g/mol. The Bertz CT molecular complexity index is 666. The van der Waals surface area contributed by atoms with Gasteiger partial charge < -0.3 is 0 Å². The molecule has 0 bridgehead atoms. The molecule has 0 aliphatic rings. The Morgan fingerprint density at radius 2 is 1.81 bits per heavy atom. The van der Waals surface area contributed by atoms with Crippen LogP contribution in [0.2, 0.25) is 5.02 Å². The summed E-state index contributed by atoms with van der Waals surface area (Å²) in [4.78, 5) is 0. The highest BCUT2D eigenvalue weighted by molar-refractivity contribution is 6.33. The van der Waals surface area contributed by atoms with Gasteiger partial charge in [0.1, 0.15) is 0 Å². The van der Waals surface area contributed by atoms with Crippen molar-refractivity contribution in [2.45, 2.75) is 13.1 Å². The highest BCUT2D eigenvalue weighted by Crippen LogP contribution is 2.29. The number of benzene rings is 2. The van der Waals surface area contributed by atoms with Gasteiger partial charge in [0.05, 0.1) is 22.0 Å². The van der Waals surface area contributed by atoms with Crippen molar-refractivity contribution in [2.75, 3.05) is 5.43 Å². The van der Waals surface area contributed by atoms with Crippen LogP contribution in [0.15, 0.2) is 53.6 Å². The Morgan fingerprint density at radius 1 is 1.10 bits per heavy atom. The molecule has 0 fully saturated rings. The van der Waals surface area contributed by atoms with Crippen molar-refractivity contribution in [3.63, 3.8) is 0 Å². The molecule has 0 heterocycles. The predicted octanol–water partition coefficient (Wildman–Crippen LogP) is 5.19. The third-order valence-corrected chi connectivity index (χ3v) is 3.16. The van der Waals surface area contributed by atoms with Crippen molar-refractivity contribution in [1.82, 2.24) is 0 Å². The van der Waals surface area contributed by atoms with Crippen LogP contribution < -0.4 is 5.43 Å². The second-order valence-corrected chi connectivity index (χ2v) is 4.77. The maximum atomic E-state index is 12.7. The van der Waals surface area contributed by atoms with Crippen LogP contribution in [0.5, 0.6) is 0 Å². The second-order valence-electron chi connectivity index (χ2n) is 4.37. The molecule has 6 heteroatoms. The number of anilines is 1. The van der Waals surface area contributed by atoms with E-state index in [1.807, 2.05) is 0 Å². The van der Waals surface area contributed by atoms with Crippen LogP contribution in [0.25, 0.3) is 0 Å². The van der Waals surface area contributed by atoms with Gasteiger partial charge in [-0.15, -0.1) is 0 Å². The van der Waals surface area contributed by atoms with Crippen LogP contribution in [0.1, 0.15) is 18.1 Å². The van der Waals surface area contributed by atoms with Gasteiger partial charge in [0.15, 0.2) is 0 Å². The van der Waals surface area contributed by atoms with E-state index in [-0.39, 0.29) is 0 Å². The summed E-state index contributed by atoms with van der Waals surface area (Å²) < 4.78 is 38.0. The molecule has 0 unspecified atom stereocenters. The lowest BCUT2D eigenvalue weighted by Gasteiger charge is -2.09. The number of rotatable bonds is 3. The Balaban J connectivity index is 2.22. The molecule has 2 aromatic rings. The minimum absolute atomic E-state index is 0.393. The maximum Gasteiger partial charge on any atom is 0.416 e. The van der Waals surface area contributed by atoms with Crippen molar-refractivity contribution in [2.24, 2.45) is 5.10 Å². The summed E-state index contributed by atoms with van der Waals surface area (Å²) in [5.74, 6) is 0. The van der Waals surface area contributed by atoms with E-state index in [2.05, 4.69) is 10.5 Å². The monoisotopic (exact) mass is 312 g/mol. The number of hydrogen-bond acceptors (Lipinski definition) is 2. The minimum Gasteiger partial charge on any atom is -0.277 e. The average molecular weight is 313 g/mol. The normalized spacial score (nSPS) is 12.3. The Labute approximate surface area is 125 Å². The molecular formula is C15H12ClF3N2. The van der Waals surface area contributed by atoms with E-state index in [1.165, 1.54) is 6.07 Å². The second kappa shape index (κ2) is 6.18. The SMILES string of the molecule is C/C(=N\Nc1ccccc1Cl)c1cccc(C(F)(F)F)c1. The Kier molecular flexibility index (Phi) is 4.53. The molecule has 21 heavy (non-hydrogen) atoms. The molecule has 110 valence electrons. The summed E-state index contributed by atoms with van der Waals surface area (Å²) >= 11 is 5.96. The van der Waals surface area contributed by atoms with Gasteiger partial charge in [0.25, 0.3) is 0 Å². The van der Waals surface area contributed by atoms with E-state index in [4.69, 9.17) is 11.6 Å². The van der Waals surface area contributed by atoms with E-state index < -0.39 is 11.7 Å². The molecule has 0 radical (unpaired) electrons. The van der Waals surface area contributed by atoms with Crippen molar-refractivity contribution in [3.8, 4) is 0 Å². The van der Waals surface area contributed by atoms with Gasteiger partial charge in [-0.05, 0) is 36.8 Å².